The molecule has 4 aromatic rings. The molecule has 3 aromatic carbocycles. The van der Waals surface area contributed by atoms with Crippen LogP contribution in [-0.2, 0) is 21.2 Å². The molecule has 6 rings (SSSR count). The van der Waals surface area contributed by atoms with Crippen LogP contribution in [0.5, 0.6) is 0 Å². The second-order valence-electron chi connectivity index (χ2n) is 10.3. The van der Waals surface area contributed by atoms with Gasteiger partial charge < -0.3 is 4.74 Å². The zero-order chi connectivity index (χ0) is 28.6. The van der Waals surface area contributed by atoms with Gasteiger partial charge in [-0.05, 0) is 67.3 Å². The van der Waals surface area contributed by atoms with Crippen LogP contribution in [0.2, 0.25) is 5.02 Å². The third-order valence-corrected chi connectivity index (χ3v) is 11.0. The highest BCUT2D eigenvalue weighted by Gasteiger charge is 2.31. The van der Waals surface area contributed by atoms with E-state index in [4.69, 9.17) is 21.3 Å². The van der Waals surface area contributed by atoms with Crippen LogP contribution in [0.4, 0.5) is 10.8 Å². The minimum absolute atomic E-state index is 0.159. The van der Waals surface area contributed by atoms with Gasteiger partial charge in [0.1, 0.15) is 0 Å². The number of rotatable bonds is 8. The second kappa shape index (κ2) is 11.7. The molecule has 0 spiro atoms. The van der Waals surface area contributed by atoms with Crippen molar-refractivity contribution in [2.75, 3.05) is 55.1 Å². The van der Waals surface area contributed by atoms with E-state index in [1.807, 2.05) is 43.3 Å². The van der Waals surface area contributed by atoms with E-state index >= 15 is 0 Å². The average Bonchev–Trinajstić information content (AvgIpc) is 3.64. The molecule has 2 aliphatic rings. The molecule has 0 aliphatic carbocycles. The monoisotopic (exact) mass is 610 g/mol. The molecule has 2 aliphatic heterocycles. The second-order valence-corrected chi connectivity index (χ2v) is 13.5. The summed E-state index contributed by atoms with van der Waals surface area (Å²) < 4.78 is 34.7. The number of carbonyl (C=O) groups is 1. The number of amides is 1. The molecular formula is C30H31ClN4O4S2. The lowest BCUT2D eigenvalue weighted by Gasteiger charge is -2.27. The van der Waals surface area contributed by atoms with Gasteiger partial charge in [0.15, 0.2) is 5.13 Å². The number of hydrogen-bond donors (Lipinski definition) is 0. The lowest BCUT2D eigenvalue weighted by atomic mass is 10.2. The van der Waals surface area contributed by atoms with Gasteiger partial charge in [-0.15, -0.1) is 0 Å². The van der Waals surface area contributed by atoms with E-state index in [1.165, 1.54) is 27.8 Å². The van der Waals surface area contributed by atoms with Gasteiger partial charge in [-0.25, -0.2) is 13.4 Å². The minimum atomic E-state index is -3.75. The number of aromatic nitrogens is 1. The highest BCUT2D eigenvalue weighted by atomic mass is 35.5. The van der Waals surface area contributed by atoms with Crippen LogP contribution in [0.25, 0.3) is 10.2 Å². The van der Waals surface area contributed by atoms with Crippen molar-refractivity contribution in [1.29, 1.82) is 0 Å². The summed E-state index contributed by atoms with van der Waals surface area (Å²) in [7, 11) is -3.75. The molecule has 0 unspecified atom stereocenters. The topological polar surface area (TPSA) is 83.0 Å². The van der Waals surface area contributed by atoms with Crippen molar-refractivity contribution in [1.82, 2.24) is 9.88 Å². The van der Waals surface area contributed by atoms with E-state index < -0.39 is 10.0 Å². The summed E-state index contributed by atoms with van der Waals surface area (Å²) in [5.74, 6) is -0.227. The summed E-state index contributed by atoms with van der Waals surface area (Å²) in [5.41, 5.74) is 3.91. The van der Waals surface area contributed by atoms with E-state index in [-0.39, 0.29) is 10.8 Å². The molecule has 41 heavy (non-hydrogen) atoms. The van der Waals surface area contributed by atoms with Crippen LogP contribution < -0.4 is 9.21 Å². The van der Waals surface area contributed by atoms with Gasteiger partial charge in [0.05, 0.1) is 39.0 Å². The third kappa shape index (κ3) is 5.59. The normalized spacial score (nSPS) is 15.8. The molecule has 1 fully saturated rings. The maximum Gasteiger partial charge on any atom is 0.264 e. The molecule has 11 heteroatoms. The summed E-state index contributed by atoms with van der Waals surface area (Å²) in [4.78, 5) is 22.9. The number of halogens is 1. The van der Waals surface area contributed by atoms with Gasteiger partial charge in [-0.1, -0.05) is 47.2 Å². The van der Waals surface area contributed by atoms with Gasteiger partial charge in [-0.2, -0.15) is 0 Å². The fourth-order valence-corrected chi connectivity index (χ4v) is 8.22. The number of aryl methyl sites for hydroxylation is 1. The Kier molecular flexibility index (Phi) is 8.02. The van der Waals surface area contributed by atoms with E-state index in [2.05, 4.69) is 4.90 Å². The first-order valence-electron chi connectivity index (χ1n) is 13.7. The number of anilines is 2. The summed E-state index contributed by atoms with van der Waals surface area (Å²) in [6.07, 6.45) is 1.44. The number of morpholine rings is 1. The van der Waals surface area contributed by atoms with Crippen molar-refractivity contribution < 1.29 is 17.9 Å². The van der Waals surface area contributed by atoms with Crippen LogP contribution in [0, 0.1) is 6.92 Å². The summed E-state index contributed by atoms with van der Waals surface area (Å²) >= 11 is 7.88. The molecular weight excluding hydrogens is 580 g/mol. The molecule has 1 saturated heterocycles. The Bertz CT molecular complexity index is 1650. The van der Waals surface area contributed by atoms with Gasteiger partial charge >= 0.3 is 0 Å². The Hall–Kier alpha value is -3.02. The molecule has 0 atom stereocenters. The van der Waals surface area contributed by atoms with Crippen LogP contribution in [0.15, 0.2) is 65.6 Å². The lowest BCUT2D eigenvalue weighted by Crippen LogP contribution is -2.39. The lowest BCUT2D eigenvalue weighted by molar-refractivity contribution is 0.0376. The maximum atomic E-state index is 13.9. The average molecular weight is 611 g/mol. The van der Waals surface area contributed by atoms with Crippen molar-refractivity contribution >= 4 is 59.9 Å². The van der Waals surface area contributed by atoms with Crippen molar-refractivity contribution in [3.05, 3.63) is 82.4 Å². The maximum absolute atomic E-state index is 13.9. The van der Waals surface area contributed by atoms with E-state index in [9.17, 15) is 13.2 Å². The van der Waals surface area contributed by atoms with E-state index in [1.54, 1.807) is 17.0 Å². The van der Waals surface area contributed by atoms with Crippen LogP contribution >= 0.6 is 22.9 Å². The first-order chi connectivity index (χ1) is 19.8. The Balaban J connectivity index is 1.27. The molecule has 214 valence electrons. The molecule has 3 heterocycles. The van der Waals surface area contributed by atoms with E-state index in [0.717, 1.165) is 60.6 Å². The van der Waals surface area contributed by atoms with Crippen molar-refractivity contribution in [3.63, 3.8) is 0 Å². The molecule has 1 aromatic heterocycles. The first-order valence-corrected chi connectivity index (χ1v) is 16.3. The number of fused-ring (bicyclic) bond motifs is 2. The van der Waals surface area contributed by atoms with Crippen LogP contribution in [-0.4, -0.2) is 70.1 Å². The molecule has 8 nitrogen and oxygen atoms in total. The molecule has 0 bridgehead atoms. The summed E-state index contributed by atoms with van der Waals surface area (Å²) in [6, 6.07) is 17.6. The highest BCUT2D eigenvalue weighted by molar-refractivity contribution is 7.92. The quantitative estimate of drug-likeness (QED) is 0.266. The number of thiazole rings is 1. The van der Waals surface area contributed by atoms with Gasteiger partial charge in [-0.3, -0.25) is 18.9 Å². The predicted molar refractivity (Wildman–Crippen MR) is 164 cm³/mol. The van der Waals surface area contributed by atoms with Crippen molar-refractivity contribution in [2.45, 2.75) is 24.7 Å². The van der Waals surface area contributed by atoms with Crippen molar-refractivity contribution in [2.24, 2.45) is 0 Å². The molecule has 0 saturated carbocycles. The summed E-state index contributed by atoms with van der Waals surface area (Å²) in [6.45, 7) is 6.88. The Morgan fingerprint density at radius 1 is 1.05 bits per heavy atom. The van der Waals surface area contributed by atoms with Crippen LogP contribution in [0.1, 0.15) is 27.9 Å². The Labute approximate surface area is 249 Å². The fourth-order valence-electron chi connectivity index (χ4n) is 5.38. The zero-order valence-corrected chi connectivity index (χ0v) is 25.1. The smallest absolute Gasteiger partial charge is 0.264 e. The number of carbonyl (C=O) groups excluding carboxylic acids is 1. The minimum Gasteiger partial charge on any atom is -0.379 e. The SMILES string of the molecule is Cc1ccc(Cl)c2sc(N(CCCN3CCOCC3)C(=O)c3ccc(S(=O)(=O)N4CCc5ccccc54)cc3)nc12. The van der Waals surface area contributed by atoms with Gasteiger partial charge in [0.2, 0.25) is 0 Å². The summed E-state index contributed by atoms with van der Waals surface area (Å²) in [5, 5.41) is 1.18. The molecule has 0 N–H and O–H groups in total. The Morgan fingerprint density at radius 3 is 2.56 bits per heavy atom. The first kappa shape index (κ1) is 28.1. The van der Waals surface area contributed by atoms with Crippen molar-refractivity contribution in [3.8, 4) is 0 Å². The third-order valence-electron chi connectivity index (χ3n) is 7.66. The number of nitrogens with zero attached hydrogens (tertiary/aromatic N) is 4. The number of benzene rings is 3. The standard InChI is InChI=1S/C30H31ClN4O4S2/c1-21-7-12-25(31)28-27(21)32-30(40-28)34(15-4-14-33-17-19-39-20-18-33)29(36)23-8-10-24(11-9-23)41(37,38)35-16-13-22-5-2-3-6-26(22)35/h2-3,5-12H,4,13-20H2,1H3. The van der Waals surface area contributed by atoms with Gasteiger partial charge in [0.25, 0.3) is 15.9 Å². The van der Waals surface area contributed by atoms with E-state index in [0.29, 0.717) is 40.9 Å². The zero-order valence-electron chi connectivity index (χ0n) is 22.8. The molecule has 1 amide bonds. The van der Waals surface area contributed by atoms with Gasteiger partial charge in [0, 0.05) is 38.3 Å². The highest BCUT2D eigenvalue weighted by Crippen LogP contribution is 2.37. The molecule has 0 radical (unpaired) electrons. The Morgan fingerprint density at radius 2 is 1.80 bits per heavy atom. The number of para-hydroxylation sites is 1. The van der Waals surface area contributed by atoms with Crippen LogP contribution in [0.3, 0.4) is 0 Å². The number of hydrogen-bond acceptors (Lipinski definition) is 7. The largest absolute Gasteiger partial charge is 0.379 e. The fraction of sp³-hybridized carbons (Fsp3) is 0.333. The number of sulfonamides is 1. The number of ether oxygens (including phenoxy) is 1. The predicted octanol–water partition coefficient (Wildman–Crippen LogP) is 5.38.